The number of ether oxygens (including phenoxy) is 1. The molecule has 1 heterocycles. The van der Waals surface area contributed by atoms with E-state index in [1.165, 1.54) is 13.2 Å². The molecule has 1 aromatic heterocycles. The number of nitrogens with one attached hydrogen (secondary N) is 1. The Labute approximate surface area is 120 Å². The average Bonchev–Trinajstić information content (AvgIpc) is 3.19. The average molecular weight is 296 g/mol. The normalized spacial score (nSPS) is 15.3. The fourth-order valence-corrected chi connectivity index (χ4v) is 1.81. The van der Waals surface area contributed by atoms with Crippen molar-refractivity contribution in [3.05, 3.63) is 17.5 Å². The van der Waals surface area contributed by atoms with Crippen LogP contribution in [0.4, 0.5) is 0 Å². The summed E-state index contributed by atoms with van der Waals surface area (Å²) in [6.45, 7) is 0. The Morgan fingerprint density at radius 2 is 2.24 bits per heavy atom. The van der Waals surface area contributed by atoms with Crippen LogP contribution in [0, 0.1) is 0 Å². The molecule has 0 saturated heterocycles. The monoisotopic (exact) mass is 296 g/mol. The number of rotatable bonds is 7. The Morgan fingerprint density at radius 3 is 2.81 bits per heavy atom. The Balaban J connectivity index is 1.93. The van der Waals surface area contributed by atoms with Gasteiger partial charge in [-0.05, 0) is 19.3 Å². The number of carboxylic acid groups (broad SMARTS) is 1. The van der Waals surface area contributed by atoms with Gasteiger partial charge in [0, 0.05) is 18.4 Å². The van der Waals surface area contributed by atoms with Crippen molar-refractivity contribution in [1.29, 1.82) is 0 Å². The second kappa shape index (κ2) is 6.38. The zero-order valence-electron chi connectivity index (χ0n) is 11.5. The predicted molar refractivity (Wildman–Crippen MR) is 68.6 cm³/mol. The van der Waals surface area contributed by atoms with Crippen LogP contribution in [0.15, 0.2) is 10.6 Å². The second-order valence-electron chi connectivity index (χ2n) is 4.87. The number of carboxylic acids is 1. The summed E-state index contributed by atoms with van der Waals surface area (Å²) in [5.74, 6) is -1.44. The van der Waals surface area contributed by atoms with E-state index in [1.54, 1.807) is 0 Å². The Bertz CT molecular complexity index is 549. The quantitative estimate of drug-likeness (QED) is 0.710. The highest BCUT2D eigenvalue weighted by atomic mass is 16.5. The Morgan fingerprint density at radius 1 is 1.52 bits per heavy atom. The van der Waals surface area contributed by atoms with Gasteiger partial charge >= 0.3 is 11.9 Å². The first-order chi connectivity index (χ1) is 10.0. The first-order valence-electron chi connectivity index (χ1n) is 6.58. The highest BCUT2D eigenvalue weighted by Crippen LogP contribution is 2.40. The van der Waals surface area contributed by atoms with E-state index in [-0.39, 0.29) is 18.5 Å². The molecular weight excluding hydrogens is 280 g/mol. The molecule has 1 amide bonds. The fourth-order valence-electron chi connectivity index (χ4n) is 1.81. The van der Waals surface area contributed by atoms with E-state index in [4.69, 9.17) is 9.63 Å². The lowest BCUT2D eigenvalue weighted by molar-refractivity contribution is -0.142. The number of carbonyl (C=O) groups excluding carboxylic acids is 2. The van der Waals surface area contributed by atoms with Gasteiger partial charge in [0.15, 0.2) is 5.69 Å². The van der Waals surface area contributed by atoms with Gasteiger partial charge < -0.3 is 19.7 Å². The molecule has 0 aromatic carbocycles. The number of carbonyl (C=O) groups is 3. The van der Waals surface area contributed by atoms with E-state index in [0.29, 0.717) is 11.7 Å². The lowest BCUT2D eigenvalue weighted by Crippen LogP contribution is -2.41. The van der Waals surface area contributed by atoms with Crippen molar-refractivity contribution in [1.82, 2.24) is 10.5 Å². The van der Waals surface area contributed by atoms with Crippen LogP contribution in [0.3, 0.4) is 0 Å². The lowest BCUT2D eigenvalue weighted by atomic mass is 10.1. The maximum absolute atomic E-state index is 11.9. The maximum Gasteiger partial charge on any atom is 0.326 e. The van der Waals surface area contributed by atoms with Gasteiger partial charge in [-0.15, -0.1) is 0 Å². The molecule has 0 spiro atoms. The summed E-state index contributed by atoms with van der Waals surface area (Å²) >= 11 is 0. The van der Waals surface area contributed by atoms with Gasteiger partial charge in [-0.1, -0.05) is 5.16 Å². The predicted octanol–water partition coefficient (Wildman–Crippen LogP) is 0.688. The van der Waals surface area contributed by atoms with E-state index in [0.717, 1.165) is 12.8 Å². The van der Waals surface area contributed by atoms with Crippen molar-refractivity contribution in [3.8, 4) is 0 Å². The van der Waals surface area contributed by atoms with Gasteiger partial charge in [0.2, 0.25) is 0 Å². The molecule has 1 unspecified atom stereocenters. The van der Waals surface area contributed by atoms with Crippen LogP contribution in [0.1, 0.15) is 47.8 Å². The summed E-state index contributed by atoms with van der Waals surface area (Å²) in [5, 5.41) is 15.0. The molecular formula is C13H16N2O6. The first-order valence-corrected chi connectivity index (χ1v) is 6.58. The molecule has 1 atom stereocenters. The van der Waals surface area contributed by atoms with Gasteiger partial charge in [-0.3, -0.25) is 9.59 Å². The Kier molecular flexibility index (Phi) is 4.56. The molecule has 0 radical (unpaired) electrons. The number of hydrogen-bond acceptors (Lipinski definition) is 6. The third-order valence-electron chi connectivity index (χ3n) is 3.21. The minimum Gasteiger partial charge on any atom is -0.480 e. The molecule has 2 N–H and O–H groups in total. The minimum absolute atomic E-state index is 0.0428. The summed E-state index contributed by atoms with van der Waals surface area (Å²) in [6.07, 6.45) is 1.86. The summed E-state index contributed by atoms with van der Waals surface area (Å²) in [6, 6.07) is 0.337. The second-order valence-corrected chi connectivity index (χ2v) is 4.87. The molecule has 114 valence electrons. The van der Waals surface area contributed by atoms with Crippen molar-refractivity contribution in [2.45, 2.75) is 37.6 Å². The fraction of sp³-hybridized carbons (Fsp3) is 0.538. The summed E-state index contributed by atoms with van der Waals surface area (Å²) in [7, 11) is 1.21. The molecule has 1 aliphatic carbocycles. The number of hydrogen-bond donors (Lipinski definition) is 2. The van der Waals surface area contributed by atoms with Gasteiger partial charge in [-0.25, -0.2) is 4.79 Å². The van der Waals surface area contributed by atoms with Crippen molar-refractivity contribution < 1.29 is 28.8 Å². The van der Waals surface area contributed by atoms with Crippen LogP contribution in [-0.4, -0.2) is 41.3 Å². The van der Waals surface area contributed by atoms with Crippen molar-refractivity contribution in [3.63, 3.8) is 0 Å². The van der Waals surface area contributed by atoms with Gasteiger partial charge in [0.1, 0.15) is 11.8 Å². The van der Waals surface area contributed by atoms with Crippen LogP contribution in [0.5, 0.6) is 0 Å². The zero-order valence-corrected chi connectivity index (χ0v) is 11.5. The smallest absolute Gasteiger partial charge is 0.326 e. The number of methoxy groups -OCH3 is 1. The molecule has 2 rings (SSSR count). The number of amides is 1. The summed E-state index contributed by atoms with van der Waals surface area (Å²) < 4.78 is 9.47. The molecule has 1 aromatic rings. The molecule has 8 heteroatoms. The number of aliphatic carboxylic acids is 1. The topological polar surface area (TPSA) is 119 Å². The van der Waals surface area contributed by atoms with Crippen molar-refractivity contribution in [2.24, 2.45) is 0 Å². The molecule has 0 aliphatic heterocycles. The molecule has 1 aliphatic rings. The molecule has 1 fully saturated rings. The minimum atomic E-state index is -1.22. The van der Waals surface area contributed by atoms with E-state index in [2.05, 4.69) is 15.2 Å². The first kappa shape index (κ1) is 15.0. The highest BCUT2D eigenvalue weighted by molar-refractivity contribution is 5.95. The van der Waals surface area contributed by atoms with Crippen LogP contribution < -0.4 is 5.32 Å². The molecule has 8 nitrogen and oxygen atoms in total. The highest BCUT2D eigenvalue weighted by Gasteiger charge is 2.30. The number of nitrogens with zero attached hydrogens (tertiary/aromatic N) is 1. The molecule has 21 heavy (non-hydrogen) atoms. The third kappa shape index (κ3) is 4.04. The Hall–Kier alpha value is -2.38. The van der Waals surface area contributed by atoms with Gasteiger partial charge in [-0.2, -0.15) is 0 Å². The number of aromatic nitrogens is 1. The van der Waals surface area contributed by atoms with Crippen LogP contribution in [0.2, 0.25) is 0 Å². The van der Waals surface area contributed by atoms with Crippen LogP contribution >= 0.6 is 0 Å². The third-order valence-corrected chi connectivity index (χ3v) is 3.21. The van der Waals surface area contributed by atoms with E-state index in [1.807, 2.05) is 0 Å². The van der Waals surface area contributed by atoms with Crippen molar-refractivity contribution >= 4 is 17.8 Å². The lowest BCUT2D eigenvalue weighted by Gasteiger charge is -2.12. The molecule has 0 bridgehead atoms. The van der Waals surface area contributed by atoms with Gasteiger partial charge in [0.25, 0.3) is 5.91 Å². The van der Waals surface area contributed by atoms with Gasteiger partial charge in [0.05, 0.1) is 7.11 Å². The standard InChI is InChI=1S/C13H16N2O6/c1-20-11(16)5-4-8(13(18)19)14-12(17)9-6-10(21-15-9)7-2-3-7/h6-8H,2-5H2,1H3,(H,14,17)(H,18,19). The zero-order chi connectivity index (χ0) is 15.4. The largest absolute Gasteiger partial charge is 0.480 e. The number of esters is 1. The molecule has 1 saturated carbocycles. The van der Waals surface area contributed by atoms with E-state index >= 15 is 0 Å². The van der Waals surface area contributed by atoms with E-state index in [9.17, 15) is 14.4 Å². The van der Waals surface area contributed by atoms with Crippen LogP contribution in [-0.2, 0) is 14.3 Å². The van der Waals surface area contributed by atoms with Crippen LogP contribution in [0.25, 0.3) is 0 Å². The van der Waals surface area contributed by atoms with Crippen molar-refractivity contribution in [2.75, 3.05) is 7.11 Å². The van der Waals surface area contributed by atoms with E-state index < -0.39 is 23.9 Å². The SMILES string of the molecule is COC(=O)CCC(NC(=O)c1cc(C2CC2)on1)C(=O)O. The summed E-state index contributed by atoms with van der Waals surface area (Å²) in [4.78, 5) is 34.0. The summed E-state index contributed by atoms with van der Waals surface area (Å²) in [5.41, 5.74) is 0.0428. The maximum atomic E-state index is 11.9.